The van der Waals surface area contributed by atoms with Gasteiger partial charge < -0.3 is 15.4 Å². The van der Waals surface area contributed by atoms with Crippen LogP contribution in [0.2, 0.25) is 0 Å². The number of nitrogens with zero attached hydrogens (tertiary/aromatic N) is 2. The van der Waals surface area contributed by atoms with E-state index in [0.717, 1.165) is 12.8 Å². The van der Waals surface area contributed by atoms with Crippen LogP contribution in [-0.4, -0.2) is 28.2 Å². The number of ether oxygens (including phenoxy) is 1. The Bertz CT molecular complexity index is 1210. The van der Waals surface area contributed by atoms with Gasteiger partial charge in [0.1, 0.15) is 12.4 Å². The van der Waals surface area contributed by atoms with Crippen molar-refractivity contribution < 1.29 is 14.3 Å². The number of nitrogens with one attached hydrogen (secondary N) is 2. The number of rotatable bonds is 11. The number of aryl methyl sites for hydroxylation is 1. The number of carbonyl (C=O) groups is 2. The smallest absolute Gasteiger partial charge is 0.255 e. The van der Waals surface area contributed by atoms with Crippen LogP contribution < -0.4 is 15.4 Å². The van der Waals surface area contributed by atoms with Crippen molar-refractivity contribution in [3.63, 3.8) is 0 Å². The summed E-state index contributed by atoms with van der Waals surface area (Å²) in [7, 11) is 0. The van der Waals surface area contributed by atoms with E-state index in [1.54, 1.807) is 58.6 Å². The molecule has 0 spiro atoms. The highest BCUT2D eigenvalue weighted by atomic mass is 32.1. The van der Waals surface area contributed by atoms with Crippen LogP contribution in [0, 0.1) is 0 Å². The summed E-state index contributed by atoms with van der Waals surface area (Å²) < 4.78 is 7.56. The molecule has 4 rings (SSSR count). The van der Waals surface area contributed by atoms with Crippen molar-refractivity contribution >= 4 is 34.5 Å². The van der Waals surface area contributed by atoms with E-state index in [1.165, 1.54) is 4.88 Å². The van der Waals surface area contributed by atoms with E-state index in [1.807, 2.05) is 35.8 Å². The van der Waals surface area contributed by atoms with Gasteiger partial charge in [0.05, 0.1) is 6.54 Å². The van der Waals surface area contributed by atoms with E-state index in [-0.39, 0.29) is 11.8 Å². The Balaban J connectivity index is 1.27. The first-order chi connectivity index (χ1) is 16.7. The largest absolute Gasteiger partial charge is 0.492 e. The summed E-state index contributed by atoms with van der Waals surface area (Å²) in [6, 6.07) is 20.1. The molecular weight excluding hydrogens is 448 g/mol. The molecule has 0 aliphatic rings. The number of benzene rings is 2. The van der Waals surface area contributed by atoms with Gasteiger partial charge in [0.15, 0.2) is 0 Å². The van der Waals surface area contributed by atoms with Gasteiger partial charge >= 0.3 is 0 Å². The molecule has 8 heteroatoms. The van der Waals surface area contributed by atoms with E-state index >= 15 is 0 Å². The molecule has 2 aromatic heterocycles. The van der Waals surface area contributed by atoms with Crippen molar-refractivity contribution in [3.8, 4) is 5.75 Å². The molecule has 2 amide bonds. The summed E-state index contributed by atoms with van der Waals surface area (Å²) >= 11 is 1.70. The second kappa shape index (κ2) is 11.8. The van der Waals surface area contributed by atoms with Crippen molar-refractivity contribution in [1.82, 2.24) is 9.78 Å². The fourth-order valence-corrected chi connectivity index (χ4v) is 4.15. The van der Waals surface area contributed by atoms with Crippen molar-refractivity contribution in [2.45, 2.75) is 25.8 Å². The number of hydrogen-bond donors (Lipinski definition) is 2. The SMILES string of the molecule is O=C(CCCc1cccs1)Nc1cccc(C(=O)Nc2cccc(OCCn3cccn3)c2)c1. The molecule has 2 aromatic carbocycles. The van der Waals surface area contributed by atoms with Gasteiger partial charge in [-0.25, -0.2) is 0 Å². The first-order valence-electron chi connectivity index (χ1n) is 11.1. The lowest BCUT2D eigenvalue weighted by Gasteiger charge is -2.10. The van der Waals surface area contributed by atoms with Crippen LogP contribution in [0.3, 0.4) is 0 Å². The van der Waals surface area contributed by atoms with E-state index in [9.17, 15) is 9.59 Å². The summed E-state index contributed by atoms with van der Waals surface area (Å²) in [5.41, 5.74) is 1.69. The average molecular weight is 475 g/mol. The molecular formula is C26H26N4O3S. The Labute approximate surface area is 202 Å². The van der Waals surface area contributed by atoms with E-state index in [2.05, 4.69) is 21.8 Å². The maximum absolute atomic E-state index is 12.8. The normalized spacial score (nSPS) is 10.6. The maximum Gasteiger partial charge on any atom is 0.255 e. The first kappa shape index (κ1) is 23.3. The maximum atomic E-state index is 12.8. The first-order valence-corrected chi connectivity index (χ1v) is 12.0. The third-order valence-electron chi connectivity index (χ3n) is 5.06. The third kappa shape index (κ3) is 7.05. The number of amides is 2. The van der Waals surface area contributed by atoms with Crippen LogP contribution in [0.1, 0.15) is 28.1 Å². The number of aromatic nitrogens is 2. The molecule has 174 valence electrons. The van der Waals surface area contributed by atoms with Crippen molar-refractivity contribution in [2.75, 3.05) is 17.2 Å². The molecule has 0 aliphatic carbocycles. The van der Waals surface area contributed by atoms with Gasteiger partial charge in [0, 0.05) is 46.7 Å². The highest BCUT2D eigenvalue weighted by Crippen LogP contribution is 2.19. The minimum atomic E-state index is -0.262. The van der Waals surface area contributed by atoms with E-state index < -0.39 is 0 Å². The second-order valence-corrected chi connectivity index (χ2v) is 8.69. The van der Waals surface area contributed by atoms with Crippen molar-refractivity contribution in [1.29, 1.82) is 0 Å². The lowest BCUT2D eigenvalue weighted by molar-refractivity contribution is -0.116. The molecule has 0 atom stereocenters. The van der Waals surface area contributed by atoms with Gasteiger partial charge in [0.25, 0.3) is 5.91 Å². The molecule has 2 N–H and O–H groups in total. The molecule has 0 unspecified atom stereocenters. The Morgan fingerprint density at radius 1 is 0.971 bits per heavy atom. The van der Waals surface area contributed by atoms with E-state index in [0.29, 0.717) is 42.3 Å². The summed E-state index contributed by atoms with van der Waals surface area (Å²) in [5, 5.41) is 11.9. The fourth-order valence-electron chi connectivity index (χ4n) is 3.40. The zero-order valence-corrected chi connectivity index (χ0v) is 19.5. The highest BCUT2D eigenvalue weighted by Gasteiger charge is 2.09. The minimum absolute atomic E-state index is 0.0610. The molecule has 0 bridgehead atoms. The zero-order chi connectivity index (χ0) is 23.6. The Morgan fingerprint density at radius 2 is 1.82 bits per heavy atom. The lowest BCUT2D eigenvalue weighted by Crippen LogP contribution is -2.14. The van der Waals surface area contributed by atoms with Gasteiger partial charge in [-0.2, -0.15) is 5.10 Å². The predicted molar refractivity (Wildman–Crippen MR) is 134 cm³/mol. The van der Waals surface area contributed by atoms with E-state index in [4.69, 9.17) is 4.74 Å². The van der Waals surface area contributed by atoms with Crippen LogP contribution in [0.15, 0.2) is 84.5 Å². The van der Waals surface area contributed by atoms with Crippen LogP contribution >= 0.6 is 11.3 Å². The molecule has 0 aliphatic heterocycles. The standard InChI is InChI=1S/C26H26N4O3S/c31-25(12-3-10-24-11-4-17-34-24)28-21-7-1-6-20(18-21)26(32)29-22-8-2-9-23(19-22)33-16-15-30-14-5-13-27-30/h1-2,4-9,11,13-14,17-19H,3,10,12,15-16H2,(H,28,31)(H,29,32). The quantitative estimate of drug-likeness (QED) is 0.311. The number of anilines is 2. The Morgan fingerprint density at radius 3 is 2.62 bits per heavy atom. The van der Waals surface area contributed by atoms with Gasteiger partial charge in [-0.1, -0.05) is 18.2 Å². The van der Waals surface area contributed by atoms with Gasteiger partial charge in [-0.15, -0.1) is 11.3 Å². The van der Waals surface area contributed by atoms with Crippen LogP contribution in [-0.2, 0) is 17.8 Å². The molecule has 0 radical (unpaired) electrons. The highest BCUT2D eigenvalue weighted by molar-refractivity contribution is 7.09. The summed E-state index contributed by atoms with van der Waals surface area (Å²) in [4.78, 5) is 26.3. The summed E-state index contributed by atoms with van der Waals surface area (Å²) in [6.45, 7) is 1.10. The molecule has 34 heavy (non-hydrogen) atoms. The third-order valence-corrected chi connectivity index (χ3v) is 5.99. The lowest BCUT2D eigenvalue weighted by atomic mass is 10.1. The second-order valence-electron chi connectivity index (χ2n) is 7.66. The number of thiophene rings is 1. The van der Waals surface area contributed by atoms with Crippen LogP contribution in [0.5, 0.6) is 5.75 Å². The van der Waals surface area contributed by atoms with Gasteiger partial charge in [-0.05, 0) is 60.7 Å². The zero-order valence-electron chi connectivity index (χ0n) is 18.6. The predicted octanol–water partition coefficient (Wildman–Crippen LogP) is 5.24. The molecule has 0 saturated carbocycles. The molecule has 2 heterocycles. The Kier molecular flexibility index (Phi) is 8.08. The number of carbonyl (C=O) groups excluding carboxylic acids is 2. The monoisotopic (exact) mass is 474 g/mol. The van der Waals surface area contributed by atoms with Crippen molar-refractivity contribution in [2.24, 2.45) is 0 Å². The topological polar surface area (TPSA) is 85.3 Å². The Hall–Kier alpha value is -3.91. The average Bonchev–Trinajstić information content (AvgIpc) is 3.54. The minimum Gasteiger partial charge on any atom is -0.492 e. The van der Waals surface area contributed by atoms with Crippen LogP contribution in [0.25, 0.3) is 0 Å². The van der Waals surface area contributed by atoms with Crippen LogP contribution in [0.4, 0.5) is 11.4 Å². The van der Waals surface area contributed by atoms with Crippen molar-refractivity contribution in [3.05, 3.63) is 94.9 Å². The molecule has 7 nitrogen and oxygen atoms in total. The molecule has 0 fully saturated rings. The molecule has 4 aromatic rings. The summed E-state index contributed by atoms with van der Waals surface area (Å²) in [5.74, 6) is 0.338. The fraction of sp³-hybridized carbons (Fsp3) is 0.192. The van der Waals surface area contributed by atoms with Gasteiger partial charge in [-0.3, -0.25) is 14.3 Å². The summed E-state index contributed by atoms with van der Waals surface area (Å²) in [6.07, 6.45) is 5.71. The number of hydrogen-bond acceptors (Lipinski definition) is 5. The molecule has 0 saturated heterocycles. The van der Waals surface area contributed by atoms with Gasteiger partial charge in [0.2, 0.25) is 5.91 Å².